The van der Waals surface area contributed by atoms with Crippen molar-refractivity contribution in [1.82, 2.24) is 15.3 Å². The van der Waals surface area contributed by atoms with Crippen LogP contribution >= 0.6 is 0 Å². The largest absolute Gasteiger partial charge is 0.481 e. The summed E-state index contributed by atoms with van der Waals surface area (Å²) in [6, 6.07) is 0.576. The van der Waals surface area contributed by atoms with E-state index in [9.17, 15) is 0 Å². The number of nitrogens with one attached hydrogen (secondary N) is 1. The lowest BCUT2D eigenvalue weighted by atomic mass is 10.2. The Hall–Kier alpha value is -1.36. The van der Waals surface area contributed by atoms with Gasteiger partial charge >= 0.3 is 0 Å². The summed E-state index contributed by atoms with van der Waals surface area (Å²) in [6.07, 6.45) is 6.50. The highest BCUT2D eigenvalue weighted by Crippen LogP contribution is 2.24. The number of unbranched alkanes of at least 4 members (excludes halogenated alkanes) is 1. The van der Waals surface area contributed by atoms with Crippen molar-refractivity contribution in [3.05, 3.63) is 11.9 Å². The standard InChI is InChI=1S/C15H26N4O/c1-4-5-9-19(10-13-7-6-8-16-13)14-12(2)15(20-3)18-11-17-14/h11,13,16H,4-10H2,1-3H3. The van der Waals surface area contributed by atoms with Crippen LogP contribution in [0.4, 0.5) is 5.82 Å². The number of methoxy groups -OCH3 is 1. The summed E-state index contributed by atoms with van der Waals surface area (Å²) in [7, 11) is 1.66. The second-order valence-electron chi connectivity index (χ2n) is 5.42. The maximum absolute atomic E-state index is 5.32. The SMILES string of the molecule is CCCCN(CC1CCCN1)c1ncnc(OC)c1C. The minimum atomic E-state index is 0.576. The fourth-order valence-electron chi connectivity index (χ4n) is 2.76. The molecule has 2 heterocycles. The van der Waals surface area contributed by atoms with E-state index in [2.05, 4.69) is 27.1 Å². The van der Waals surface area contributed by atoms with Gasteiger partial charge in [0.05, 0.1) is 12.7 Å². The number of aromatic nitrogens is 2. The van der Waals surface area contributed by atoms with Crippen LogP contribution in [0.2, 0.25) is 0 Å². The third kappa shape index (κ3) is 3.60. The lowest BCUT2D eigenvalue weighted by Crippen LogP contribution is -2.39. The number of ether oxygens (including phenoxy) is 1. The van der Waals surface area contributed by atoms with Crippen LogP contribution in [-0.4, -0.2) is 42.8 Å². The molecule has 0 bridgehead atoms. The Morgan fingerprint density at radius 2 is 2.30 bits per heavy atom. The third-order valence-corrected chi connectivity index (χ3v) is 3.89. The molecule has 5 heteroatoms. The number of rotatable bonds is 7. The van der Waals surface area contributed by atoms with Gasteiger partial charge in [-0.2, -0.15) is 0 Å². The minimum absolute atomic E-state index is 0.576. The van der Waals surface area contributed by atoms with E-state index in [0.717, 1.165) is 31.0 Å². The molecule has 2 rings (SSSR count). The number of hydrogen-bond acceptors (Lipinski definition) is 5. The second kappa shape index (κ2) is 7.43. The lowest BCUT2D eigenvalue weighted by Gasteiger charge is -2.28. The van der Waals surface area contributed by atoms with Crippen molar-refractivity contribution >= 4 is 5.82 Å². The van der Waals surface area contributed by atoms with Gasteiger partial charge < -0.3 is 15.0 Å². The first-order valence-corrected chi connectivity index (χ1v) is 7.60. The predicted octanol–water partition coefficient (Wildman–Crippen LogP) is 2.15. The molecule has 5 nitrogen and oxygen atoms in total. The number of nitrogens with zero attached hydrogens (tertiary/aromatic N) is 3. The predicted molar refractivity (Wildman–Crippen MR) is 81.5 cm³/mol. The van der Waals surface area contributed by atoms with E-state index in [-0.39, 0.29) is 0 Å². The molecule has 0 amide bonds. The molecule has 1 fully saturated rings. The Balaban J connectivity index is 2.16. The Labute approximate surface area is 121 Å². The zero-order valence-electron chi connectivity index (χ0n) is 12.9. The zero-order valence-corrected chi connectivity index (χ0v) is 12.9. The van der Waals surface area contributed by atoms with Crippen molar-refractivity contribution in [3.8, 4) is 5.88 Å². The Morgan fingerprint density at radius 1 is 1.45 bits per heavy atom. The topological polar surface area (TPSA) is 50.3 Å². The molecule has 1 aliphatic heterocycles. The molecule has 0 radical (unpaired) electrons. The van der Waals surface area contributed by atoms with Crippen LogP contribution in [0.15, 0.2) is 6.33 Å². The zero-order chi connectivity index (χ0) is 14.4. The summed E-state index contributed by atoms with van der Waals surface area (Å²) >= 11 is 0. The summed E-state index contributed by atoms with van der Waals surface area (Å²) in [6.45, 7) is 7.45. The van der Waals surface area contributed by atoms with Crippen LogP contribution in [0.1, 0.15) is 38.2 Å². The van der Waals surface area contributed by atoms with Gasteiger partial charge in [-0.15, -0.1) is 0 Å². The lowest BCUT2D eigenvalue weighted by molar-refractivity contribution is 0.393. The molecule has 0 aliphatic carbocycles. The number of anilines is 1. The molecule has 1 aromatic heterocycles. The highest BCUT2D eigenvalue weighted by Gasteiger charge is 2.21. The maximum Gasteiger partial charge on any atom is 0.221 e. The quantitative estimate of drug-likeness (QED) is 0.828. The van der Waals surface area contributed by atoms with Crippen LogP contribution in [0.3, 0.4) is 0 Å². The van der Waals surface area contributed by atoms with Gasteiger partial charge in [0, 0.05) is 19.1 Å². The van der Waals surface area contributed by atoms with E-state index in [1.165, 1.54) is 25.7 Å². The van der Waals surface area contributed by atoms with Crippen molar-refractivity contribution in [1.29, 1.82) is 0 Å². The first-order chi connectivity index (χ1) is 9.76. The highest BCUT2D eigenvalue weighted by atomic mass is 16.5. The molecule has 0 spiro atoms. The van der Waals surface area contributed by atoms with E-state index >= 15 is 0 Å². The minimum Gasteiger partial charge on any atom is -0.481 e. The fraction of sp³-hybridized carbons (Fsp3) is 0.733. The van der Waals surface area contributed by atoms with Gasteiger partial charge in [0.25, 0.3) is 0 Å². The fourth-order valence-corrected chi connectivity index (χ4v) is 2.76. The molecule has 1 aromatic rings. The van der Waals surface area contributed by atoms with Crippen molar-refractivity contribution in [3.63, 3.8) is 0 Å². The van der Waals surface area contributed by atoms with Crippen LogP contribution in [0.25, 0.3) is 0 Å². The number of hydrogen-bond donors (Lipinski definition) is 1. The molecule has 20 heavy (non-hydrogen) atoms. The van der Waals surface area contributed by atoms with Gasteiger partial charge in [-0.05, 0) is 32.7 Å². The van der Waals surface area contributed by atoms with Crippen LogP contribution in [-0.2, 0) is 0 Å². The van der Waals surface area contributed by atoms with Gasteiger partial charge in [-0.1, -0.05) is 13.3 Å². The van der Waals surface area contributed by atoms with Gasteiger partial charge in [-0.25, -0.2) is 9.97 Å². The van der Waals surface area contributed by atoms with E-state index in [4.69, 9.17) is 4.74 Å². The first kappa shape index (κ1) is 15.0. The molecular weight excluding hydrogens is 252 g/mol. The Kier molecular flexibility index (Phi) is 5.59. The third-order valence-electron chi connectivity index (χ3n) is 3.89. The Morgan fingerprint density at radius 3 is 2.95 bits per heavy atom. The maximum atomic E-state index is 5.32. The molecule has 112 valence electrons. The summed E-state index contributed by atoms with van der Waals surface area (Å²) in [5.41, 5.74) is 1.03. The summed E-state index contributed by atoms with van der Waals surface area (Å²) in [5.74, 6) is 1.69. The van der Waals surface area contributed by atoms with Gasteiger partial charge in [0.2, 0.25) is 5.88 Å². The van der Waals surface area contributed by atoms with E-state index in [1.54, 1.807) is 13.4 Å². The smallest absolute Gasteiger partial charge is 0.221 e. The van der Waals surface area contributed by atoms with Gasteiger partial charge in [0.1, 0.15) is 12.1 Å². The summed E-state index contributed by atoms with van der Waals surface area (Å²) in [5, 5.41) is 3.56. The highest BCUT2D eigenvalue weighted by molar-refractivity contribution is 5.50. The monoisotopic (exact) mass is 278 g/mol. The van der Waals surface area contributed by atoms with Crippen molar-refractivity contribution < 1.29 is 4.74 Å². The van der Waals surface area contributed by atoms with E-state index in [0.29, 0.717) is 11.9 Å². The molecule has 1 N–H and O–H groups in total. The molecular formula is C15H26N4O. The normalized spacial score (nSPS) is 18.2. The summed E-state index contributed by atoms with van der Waals surface area (Å²) < 4.78 is 5.32. The molecule has 0 aromatic carbocycles. The average Bonchev–Trinajstić information content (AvgIpc) is 2.97. The van der Waals surface area contributed by atoms with Crippen LogP contribution in [0, 0.1) is 6.92 Å². The molecule has 1 atom stereocenters. The van der Waals surface area contributed by atoms with Gasteiger partial charge in [-0.3, -0.25) is 0 Å². The van der Waals surface area contributed by atoms with Crippen molar-refractivity contribution in [2.45, 2.75) is 45.6 Å². The molecule has 0 saturated carbocycles. The average molecular weight is 278 g/mol. The van der Waals surface area contributed by atoms with Crippen LogP contribution in [0.5, 0.6) is 5.88 Å². The molecule has 1 saturated heterocycles. The van der Waals surface area contributed by atoms with Crippen LogP contribution < -0.4 is 15.0 Å². The van der Waals surface area contributed by atoms with Crippen molar-refractivity contribution in [2.75, 3.05) is 31.6 Å². The van der Waals surface area contributed by atoms with E-state index < -0.39 is 0 Å². The Bertz CT molecular complexity index is 418. The first-order valence-electron chi connectivity index (χ1n) is 7.60. The molecule has 1 unspecified atom stereocenters. The summed E-state index contributed by atoms with van der Waals surface area (Å²) in [4.78, 5) is 11.0. The van der Waals surface area contributed by atoms with E-state index in [1.807, 2.05) is 6.92 Å². The second-order valence-corrected chi connectivity index (χ2v) is 5.42. The molecule has 1 aliphatic rings. The van der Waals surface area contributed by atoms with Gasteiger partial charge in [0.15, 0.2) is 0 Å². The van der Waals surface area contributed by atoms with Crippen molar-refractivity contribution in [2.24, 2.45) is 0 Å².